The van der Waals surface area contributed by atoms with Gasteiger partial charge in [0.1, 0.15) is 5.82 Å². The summed E-state index contributed by atoms with van der Waals surface area (Å²) in [5.74, 6) is -0.317. The molecular weight excluding hydrogens is 375 g/mol. The third-order valence-electron chi connectivity index (χ3n) is 3.23. The summed E-state index contributed by atoms with van der Waals surface area (Å²) in [6.07, 6.45) is 1.51. The summed E-state index contributed by atoms with van der Waals surface area (Å²) in [6, 6.07) is 10.6. The van der Waals surface area contributed by atoms with Gasteiger partial charge in [0.2, 0.25) is 5.13 Å². The summed E-state index contributed by atoms with van der Waals surface area (Å²) in [4.78, 5) is 16.4. The lowest BCUT2D eigenvalue weighted by Gasteiger charge is -2.06. The highest BCUT2D eigenvalue weighted by molar-refractivity contribution is 7.99. The van der Waals surface area contributed by atoms with Crippen molar-refractivity contribution in [2.24, 2.45) is 5.10 Å². The number of anilines is 1. The van der Waals surface area contributed by atoms with Gasteiger partial charge in [0.15, 0.2) is 0 Å². The average molecular weight is 388 g/mol. The molecule has 1 N–H and O–H groups in total. The number of non-ortho nitro benzene ring substituents is 1. The molecule has 1 heterocycles. The van der Waals surface area contributed by atoms with Gasteiger partial charge in [-0.15, -0.1) is 11.3 Å². The van der Waals surface area contributed by atoms with E-state index in [0.717, 1.165) is 15.5 Å². The van der Waals surface area contributed by atoms with Gasteiger partial charge < -0.3 is 0 Å². The smallest absolute Gasteiger partial charge is 0.258 e. The number of nitrogens with one attached hydrogen (secondary N) is 1. The predicted octanol–water partition coefficient (Wildman–Crippen LogP) is 5.10. The first-order valence-corrected chi connectivity index (χ1v) is 9.14. The highest BCUT2D eigenvalue weighted by atomic mass is 32.2. The molecule has 0 saturated carbocycles. The molecule has 0 unspecified atom stereocenters. The van der Waals surface area contributed by atoms with E-state index >= 15 is 0 Å². The van der Waals surface area contributed by atoms with Crippen LogP contribution >= 0.6 is 23.1 Å². The topological polar surface area (TPSA) is 80.4 Å². The molecule has 3 aromatic rings. The Labute approximate surface area is 156 Å². The molecule has 9 heteroatoms. The number of hydrogen-bond acceptors (Lipinski definition) is 7. The van der Waals surface area contributed by atoms with E-state index in [-0.39, 0.29) is 11.5 Å². The van der Waals surface area contributed by atoms with E-state index in [0.29, 0.717) is 10.7 Å². The van der Waals surface area contributed by atoms with Crippen molar-refractivity contribution in [1.82, 2.24) is 4.98 Å². The van der Waals surface area contributed by atoms with Crippen molar-refractivity contribution in [1.29, 1.82) is 0 Å². The van der Waals surface area contributed by atoms with Crippen LogP contribution in [0.25, 0.3) is 0 Å². The van der Waals surface area contributed by atoms with Gasteiger partial charge in [-0.2, -0.15) is 5.10 Å². The normalized spacial score (nSPS) is 11.0. The molecule has 0 atom stereocenters. The molecule has 26 heavy (non-hydrogen) atoms. The molecule has 2 aromatic carbocycles. The molecule has 0 aliphatic heterocycles. The summed E-state index contributed by atoms with van der Waals surface area (Å²) in [5.41, 5.74) is 4.24. The Bertz CT molecular complexity index is 958. The van der Waals surface area contributed by atoms with Crippen LogP contribution in [-0.2, 0) is 0 Å². The van der Waals surface area contributed by atoms with Crippen LogP contribution in [0.4, 0.5) is 15.2 Å². The predicted molar refractivity (Wildman–Crippen MR) is 102 cm³/mol. The van der Waals surface area contributed by atoms with Gasteiger partial charge in [-0.05, 0) is 37.3 Å². The molecule has 0 radical (unpaired) electrons. The second-order valence-electron chi connectivity index (χ2n) is 5.20. The molecule has 0 saturated heterocycles. The Morgan fingerprint density at radius 3 is 2.73 bits per heavy atom. The van der Waals surface area contributed by atoms with E-state index in [1.54, 1.807) is 18.2 Å². The van der Waals surface area contributed by atoms with E-state index in [1.807, 2.05) is 12.3 Å². The summed E-state index contributed by atoms with van der Waals surface area (Å²) >= 11 is 2.79. The fourth-order valence-corrected chi connectivity index (χ4v) is 3.56. The first-order valence-electron chi connectivity index (χ1n) is 7.44. The Morgan fingerprint density at radius 2 is 2.08 bits per heavy atom. The van der Waals surface area contributed by atoms with Gasteiger partial charge in [-0.1, -0.05) is 11.8 Å². The lowest BCUT2D eigenvalue weighted by Crippen LogP contribution is -1.95. The molecule has 0 aliphatic rings. The standard InChI is InChI=1S/C17H13FN4O2S2/c1-11-10-25-17(20-11)21-19-9-12-8-14(22(23)24)4-7-16(12)26-15-5-2-13(18)3-6-15/h2-10H,1H3,(H,20,21). The molecule has 132 valence electrons. The molecule has 0 bridgehead atoms. The minimum absolute atomic E-state index is 0.0278. The Kier molecular flexibility index (Phi) is 5.59. The lowest BCUT2D eigenvalue weighted by molar-refractivity contribution is -0.384. The van der Waals surface area contributed by atoms with Crippen molar-refractivity contribution in [3.63, 3.8) is 0 Å². The van der Waals surface area contributed by atoms with Crippen molar-refractivity contribution >= 4 is 40.1 Å². The maximum absolute atomic E-state index is 13.1. The average Bonchev–Trinajstić information content (AvgIpc) is 3.03. The first-order chi connectivity index (χ1) is 12.5. The monoisotopic (exact) mass is 388 g/mol. The maximum Gasteiger partial charge on any atom is 0.270 e. The van der Waals surface area contributed by atoms with Crippen molar-refractivity contribution in [2.45, 2.75) is 16.7 Å². The summed E-state index contributed by atoms with van der Waals surface area (Å²) < 4.78 is 13.1. The molecule has 0 aliphatic carbocycles. The van der Waals surface area contributed by atoms with Crippen molar-refractivity contribution < 1.29 is 9.31 Å². The van der Waals surface area contributed by atoms with Crippen LogP contribution in [0.2, 0.25) is 0 Å². The third-order valence-corrected chi connectivity index (χ3v) is 5.19. The Hall–Kier alpha value is -2.78. The Morgan fingerprint density at radius 1 is 1.31 bits per heavy atom. The molecule has 0 spiro atoms. The zero-order valence-electron chi connectivity index (χ0n) is 13.5. The number of rotatable bonds is 6. The van der Waals surface area contributed by atoms with Gasteiger partial charge >= 0.3 is 0 Å². The number of thiazole rings is 1. The lowest BCUT2D eigenvalue weighted by atomic mass is 10.2. The second-order valence-corrected chi connectivity index (χ2v) is 7.17. The van der Waals surface area contributed by atoms with Crippen LogP contribution in [-0.4, -0.2) is 16.1 Å². The van der Waals surface area contributed by atoms with Gasteiger partial charge in [0, 0.05) is 32.9 Å². The molecule has 3 rings (SSSR count). The van der Waals surface area contributed by atoms with Crippen molar-refractivity contribution in [3.8, 4) is 0 Å². The number of aryl methyl sites for hydroxylation is 1. The SMILES string of the molecule is Cc1csc(NN=Cc2cc([N+](=O)[O-])ccc2Sc2ccc(F)cc2)n1. The molecular formula is C17H13FN4O2S2. The number of nitro benzene ring substituents is 1. The van der Waals surface area contributed by atoms with Crippen LogP contribution in [0.3, 0.4) is 0 Å². The first kappa shape index (κ1) is 18.0. The van der Waals surface area contributed by atoms with Gasteiger partial charge in [0.25, 0.3) is 5.69 Å². The number of hydrogen-bond donors (Lipinski definition) is 1. The molecule has 0 amide bonds. The highest BCUT2D eigenvalue weighted by Gasteiger charge is 2.11. The molecule has 6 nitrogen and oxygen atoms in total. The number of halogens is 1. The van der Waals surface area contributed by atoms with Crippen LogP contribution in [0, 0.1) is 22.9 Å². The van der Waals surface area contributed by atoms with E-state index in [4.69, 9.17) is 0 Å². The maximum atomic E-state index is 13.1. The summed E-state index contributed by atoms with van der Waals surface area (Å²) in [6.45, 7) is 1.88. The minimum atomic E-state index is -0.457. The minimum Gasteiger partial charge on any atom is -0.258 e. The van der Waals surface area contributed by atoms with Crippen molar-refractivity contribution in [2.75, 3.05) is 5.43 Å². The fourth-order valence-electron chi connectivity index (χ4n) is 2.04. The largest absolute Gasteiger partial charge is 0.270 e. The summed E-state index contributed by atoms with van der Waals surface area (Å²) in [7, 11) is 0. The van der Waals surface area contributed by atoms with E-state index in [1.165, 1.54) is 53.6 Å². The number of nitro groups is 1. The third kappa shape index (κ3) is 4.64. The zero-order valence-corrected chi connectivity index (χ0v) is 15.2. The number of aromatic nitrogens is 1. The van der Waals surface area contributed by atoms with Crippen LogP contribution in [0.15, 0.2) is 62.7 Å². The van der Waals surface area contributed by atoms with Crippen LogP contribution in [0.1, 0.15) is 11.3 Å². The molecule has 0 fully saturated rings. The zero-order chi connectivity index (χ0) is 18.5. The van der Waals surface area contributed by atoms with E-state index in [2.05, 4.69) is 15.5 Å². The van der Waals surface area contributed by atoms with Crippen molar-refractivity contribution in [3.05, 3.63) is 75.0 Å². The molecule has 1 aromatic heterocycles. The van der Waals surface area contributed by atoms with E-state index < -0.39 is 4.92 Å². The number of benzene rings is 2. The van der Waals surface area contributed by atoms with Gasteiger partial charge in [-0.3, -0.25) is 15.5 Å². The Balaban J connectivity index is 1.85. The fraction of sp³-hybridized carbons (Fsp3) is 0.0588. The number of hydrazone groups is 1. The second kappa shape index (κ2) is 8.07. The number of nitrogens with zero attached hydrogens (tertiary/aromatic N) is 3. The van der Waals surface area contributed by atoms with Gasteiger partial charge in [0.05, 0.1) is 16.8 Å². The van der Waals surface area contributed by atoms with Gasteiger partial charge in [-0.25, -0.2) is 9.37 Å². The van der Waals surface area contributed by atoms with Crippen LogP contribution < -0.4 is 5.43 Å². The highest BCUT2D eigenvalue weighted by Crippen LogP contribution is 2.32. The van der Waals surface area contributed by atoms with E-state index in [9.17, 15) is 14.5 Å². The van der Waals surface area contributed by atoms with Crippen LogP contribution in [0.5, 0.6) is 0 Å². The summed E-state index contributed by atoms with van der Waals surface area (Å²) in [5, 5.41) is 17.7. The quantitative estimate of drug-likeness (QED) is 0.361.